The normalized spacial score (nSPS) is 13.1. The van der Waals surface area contributed by atoms with Crippen molar-refractivity contribution in [3.8, 4) is 50.6 Å². The average molecular weight is 1600 g/mol. The van der Waals surface area contributed by atoms with Crippen LogP contribution in [0.2, 0.25) is 0 Å². The van der Waals surface area contributed by atoms with Crippen LogP contribution in [-0.4, -0.2) is 195 Å². The Kier molecular flexibility index (Phi) is 26.5. The van der Waals surface area contributed by atoms with Gasteiger partial charge in [0.25, 0.3) is 23.6 Å². The number of piperidine rings is 2. The number of pyridine rings is 5. The van der Waals surface area contributed by atoms with Crippen molar-refractivity contribution in [3.63, 3.8) is 0 Å². The van der Waals surface area contributed by atoms with E-state index >= 15 is 0 Å². The summed E-state index contributed by atoms with van der Waals surface area (Å²) in [7, 11) is 14.3. The van der Waals surface area contributed by atoms with Gasteiger partial charge in [-0.2, -0.15) is 25.7 Å². The van der Waals surface area contributed by atoms with E-state index in [0.29, 0.717) is 39.7 Å². The number of nitrogens with one attached hydrogen (secondary N) is 8. The van der Waals surface area contributed by atoms with Crippen LogP contribution in [0.4, 0.5) is 17.1 Å². The minimum atomic E-state index is -0.317. The third-order valence-electron chi connectivity index (χ3n) is 20.7. The second-order valence-electron chi connectivity index (χ2n) is 31.4. The first-order valence-electron chi connectivity index (χ1n) is 40.0. The van der Waals surface area contributed by atoms with Crippen LogP contribution in [0.15, 0.2) is 213 Å². The summed E-state index contributed by atoms with van der Waals surface area (Å²) < 4.78 is 0. The number of fused-ring (bicyclic) bond motifs is 4. The molecule has 0 spiro atoms. The predicted octanol–water partition coefficient (Wildman–Crippen LogP) is 15.1. The van der Waals surface area contributed by atoms with E-state index in [1.165, 1.54) is 37.9 Å². The van der Waals surface area contributed by atoms with Crippen molar-refractivity contribution in [2.75, 3.05) is 91.5 Å². The third-order valence-corrected chi connectivity index (χ3v) is 20.7. The van der Waals surface area contributed by atoms with E-state index in [1.54, 1.807) is 30.5 Å². The molecule has 15 aromatic rings. The Bertz CT molecular complexity index is 6160. The number of aromatic amines is 4. The van der Waals surface area contributed by atoms with E-state index in [4.69, 9.17) is 5.26 Å². The number of hydrogen-bond donors (Lipinski definition) is 8. The van der Waals surface area contributed by atoms with Gasteiger partial charge >= 0.3 is 0 Å². The van der Waals surface area contributed by atoms with Gasteiger partial charge in [-0.25, -0.2) is 0 Å². The molecule has 11 heterocycles. The van der Waals surface area contributed by atoms with Gasteiger partial charge < -0.3 is 40.9 Å². The molecule has 0 unspecified atom stereocenters. The Balaban J connectivity index is 0.000000131. The monoisotopic (exact) mass is 1600 g/mol. The smallest absolute Gasteiger partial charge is 0.276 e. The number of nitrogens with zero attached hydrogens (tertiary/aromatic N) is 15. The molecule has 0 bridgehead atoms. The molecule has 27 nitrogen and oxygen atoms in total. The van der Waals surface area contributed by atoms with Gasteiger partial charge in [0.1, 0.15) is 0 Å². The summed E-state index contributed by atoms with van der Waals surface area (Å²) in [6.45, 7) is 11.6. The molecular weight excluding hydrogens is 1500 g/mol. The molecule has 2 aliphatic heterocycles. The Morgan fingerprint density at radius 1 is 0.417 bits per heavy atom. The fraction of sp³-hybridized carbons (Fsp3) is 0.247. The number of rotatable bonds is 20. The number of amides is 4. The Morgan fingerprint density at radius 2 is 0.808 bits per heavy atom. The number of H-pyrrole nitrogens is 4. The first-order valence-corrected chi connectivity index (χ1v) is 40.0. The molecular formula is C93H97N23O4. The number of nitriles is 1. The third kappa shape index (κ3) is 21.3. The summed E-state index contributed by atoms with van der Waals surface area (Å²) in [5.74, 6) is -0.931. The first kappa shape index (κ1) is 82.6. The van der Waals surface area contributed by atoms with Crippen LogP contribution in [0.1, 0.15) is 113 Å². The Labute approximate surface area is 696 Å². The SMILES string of the molecule is CN(C)Cc1cncc(-c2ccc3[nH]nc(C(=O)Nc4ccc(C#N)cc4)c3c2)c1.CN1CCC(NC(=O)c2n[nH]c3ccc(-c4cncc(CN5CCCCC5)c4)cc23)CC1.Cc1ccc(NC(=O)c2n[nH]c3ccc(-c4cncc(CN(C)C)c4)cc23)cn1.Cc1cccc(NC(=O)c2n[nH]c3ccc(-c4cncc(CN(C)C)c4)cc23)c1. The van der Waals surface area contributed by atoms with Crippen molar-refractivity contribution >= 4 is 84.3 Å². The van der Waals surface area contributed by atoms with E-state index in [0.717, 1.165) is 174 Å². The minimum Gasteiger partial charge on any atom is -0.348 e. The molecule has 0 saturated carbocycles. The largest absolute Gasteiger partial charge is 0.348 e. The molecule has 2 fully saturated rings. The van der Waals surface area contributed by atoms with Crippen LogP contribution in [0, 0.1) is 25.2 Å². The summed E-state index contributed by atoms with van der Waals surface area (Å²) >= 11 is 0. The van der Waals surface area contributed by atoms with Crippen LogP contribution in [-0.2, 0) is 26.2 Å². The highest BCUT2D eigenvalue weighted by molar-refractivity contribution is 6.14. The maximum Gasteiger partial charge on any atom is 0.276 e. The molecule has 120 heavy (non-hydrogen) atoms. The van der Waals surface area contributed by atoms with Gasteiger partial charge in [0.05, 0.1) is 45.6 Å². The zero-order valence-corrected chi connectivity index (χ0v) is 68.8. The van der Waals surface area contributed by atoms with Gasteiger partial charge in [-0.1, -0.05) is 42.8 Å². The molecule has 2 saturated heterocycles. The van der Waals surface area contributed by atoms with Gasteiger partial charge in [0.2, 0.25) is 0 Å². The molecule has 2 aliphatic rings. The van der Waals surface area contributed by atoms with Gasteiger partial charge in [0.15, 0.2) is 22.8 Å². The number of anilines is 3. The lowest BCUT2D eigenvalue weighted by Crippen LogP contribution is -2.43. The molecule has 8 N–H and O–H groups in total. The van der Waals surface area contributed by atoms with Crippen LogP contribution >= 0.6 is 0 Å². The van der Waals surface area contributed by atoms with Crippen molar-refractivity contribution in [3.05, 3.63) is 275 Å². The highest BCUT2D eigenvalue weighted by Gasteiger charge is 2.25. The van der Waals surface area contributed by atoms with Crippen LogP contribution in [0.3, 0.4) is 0 Å². The maximum absolute atomic E-state index is 13.0. The second-order valence-corrected chi connectivity index (χ2v) is 31.4. The fourth-order valence-electron chi connectivity index (χ4n) is 14.7. The Morgan fingerprint density at radius 3 is 1.21 bits per heavy atom. The zero-order chi connectivity index (χ0) is 83.8. The second kappa shape index (κ2) is 38.5. The number of carbonyl (C=O) groups is 4. The molecule has 608 valence electrons. The van der Waals surface area contributed by atoms with Gasteiger partial charge in [-0.15, -0.1) is 0 Å². The molecule has 4 amide bonds. The van der Waals surface area contributed by atoms with Crippen molar-refractivity contribution in [2.45, 2.75) is 78.2 Å². The van der Waals surface area contributed by atoms with Crippen molar-refractivity contribution in [1.82, 2.24) is 95.5 Å². The average Bonchev–Trinajstić information content (AvgIpc) is 1.65. The number of benzene rings is 6. The van der Waals surface area contributed by atoms with Crippen molar-refractivity contribution in [2.24, 2.45) is 0 Å². The lowest BCUT2D eigenvalue weighted by molar-refractivity contribution is 0.0911. The van der Waals surface area contributed by atoms with E-state index in [9.17, 15) is 19.2 Å². The van der Waals surface area contributed by atoms with E-state index < -0.39 is 0 Å². The number of carbonyl (C=O) groups excluding carboxylic acids is 4. The first-order chi connectivity index (χ1) is 58.2. The van der Waals surface area contributed by atoms with Crippen LogP contribution < -0.4 is 21.3 Å². The molecule has 0 aliphatic carbocycles. The van der Waals surface area contributed by atoms with E-state index in [1.807, 2.05) is 203 Å². The van der Waals surface area contributed by atoms with Gasteiger partial charge in [-0.3, -0.25) is 69.4 Å². The molecule has 9 aromatic heterocycles. The molecule has 17 rings (SSSR count). The van der Waals surface area contributed by atoms with Crippen LogP contribution in [0.5, 0.6) is 0 Å². The summed E-state index contributed by atoms with van der Waals surface area (Å²) in [6, 6.07) is 52.7. The van der Waals surface area contributed by atoms with Crippen LogP contribution in [0.25, 0.3) is 88.1 Å². The zero-order valence-electron chi connectivity index (χ0n) is 68.8. The van der Waals surface area contributed by atoms with E-state index in [-0.39, 0.29) is 29.7 Å². The quantitative estimate of drug-likeness (QED) is 0.0351. The molecule has 27 heteroatoms. The van der Waals surface area contributed by atoms with Gasteiger partial charge in [-0.05, 0) is 286 Å². The molecule has 0 radical (unpaired) electrons. The number of aromatic nitrogens is 13. The summed E-state index contributed by atoms with van der Waals surface area (Å²) in [5.41, 5.74) is 22.0. The standard InChI is InChI=1S/C25H32N6O.C23H20N6O.C23H23N5O.C22H22N6O/c1-30-11-7-21(8-12-30)27-25(32)24-22-14-19(5-6-23(22)28-29-24)20-13-18(15-26-16-20)17-31-9-3-2-4-10-31;1-29(2)14-16-9-18(13-25-12-16)17-5-8-21-20(10-17)22(28-27-21)23(30)26-19-6-3-15(11-24)4-7-19;1-15-5-4-6-19(9-15)25-23(29)22-20-11-17(7-8-21(20)26-27-22)18-10-16(12-24-13-18)14-28(2)3;1-14-4-6-18(12-24-14)25-22(29)21-19-9-16(5-7-20(19)26-27-21)17-8-15(10-23-11-17)13-28(2)3/h5-6,13-16,21H,2-4,7-12,17H2,1H3,(H,27,32)(H,28,29);3-10,12-13H,14H2,1-2H3,(H,26,30)(H,27,28);4-13H,14H2,1-3H3,(H,25,29)(H,26,27);4-12H,13H2,1-3H3,(H,25,29)(H,26,27). The van der Waals surface area contributed by atoms with Crippen molar-refractivity contribution < 1.29 is 19.2 Å². The van der Waals surface area contributed by atoms with E-state index in [2.05, 4.69) is 161 Å². The minimum absolute atomic E-state index is 0.0973. The predicted molar refractivity (Wildman–Crippen MR) is 472 cm³/mol. The van der Waals surface area contributed by atoms with Crippen molar-refractivity contribution in [1.29, 1.82) is 5.26 Å². The molecule has 0 atom stereocenters. The highest BCUT2D eigenvalue weighted by atomic mass is 16.2. The summed E-state index contributed by atoms with van der Waals surface area (Å²) in [4.78, 5) is 84.2. The maximum atomic E-state index is 13.0. The summed E-state index contributed by atoms with van der Waals surface area (Å²) in [6.07, 6.45) is 22.5. The number of hydrogen-bond acceptors (Lipinski definition) is 19. The topological polar surface area (TPSA) is 336 Å². The lowest BCUT2D eigenvalue weighted by atomic mass is 10.0. The Hall–Kier alpha value is -13.9. The number of likely N-dealkylation sites (tertiary alicyclic amines) is 2. The highest BCUT2D eigenvalue weighted by Crippen LogP contribution is 2.32. The molecule has 6 aromatic carbocycles. The number of aryl methyl sites for hydroxylation is 2. The lowest BCUT2D eigenvalue weighted by Gasteiger charge is -2.29. The fourth-order valence-corrected chi connectivity index (χ4v) is 14.7. The summed E-state index contributed by atoms with van der Waals surface area (Å²) in [5, 5.41) is 52.6. The van der Waals surface area contributed by atoms with Gasteiger partial charge in [0, 0.05) is 143 Å².